The molecule has 0 aliphatic rings. The maximum Gasteiger partial charge on any atom is 0.239 e. The van der Waals surface area contributed by atoms with Crippen LogP contribution in [0.1, 0.15) is 32.1 Å². The van der Waals surface area contributed by atoms with E-state index in [1.165, 1.54) is 18.7 Å². The third kappa shape index (κ3) is 4.59. The number of nitrogens with zero attached hydrogens (tertiary/aromatic N) is 5. The molecule has 2 aromatic rings. The van der Waals surface area contributed by atoms with Gasteiger partial charge in [0, 0.05) is 19.4 Å². The van der Waals surface area contributed by atoms with Crippen molar-refractivity contribution in [1.82, 2.24) is 30.0 Å². The second kappa shape index (κ2) is 7.60. The zero-order valence-corrected chi connectivity index (χ0v) is 13.0. The lowest BCUT2D eigenvalue weighted by molar-refractivity contribution is -0.115. The Bertz CT molecular complexity index is 596. The second-order valence-corrected chi connectivity index (χ2v) is 5.44. The molecule has 22 heavy (non-hydrogen) atoms. The van der Waals surface area contributed by atoms with Crippen molar-refractivity contribution in [3.05, 3.63) is 30.7 Å². The number of amides is 1. The number of nitrogens with one attached hydrogen (secondary N) is 2. The molecule has 0 fully saturated rings. The molecule has 2 N–H and O–H groups in total. The fraction of sp³-hybridized carbons (Fsp3) is 0.500. The summed E-state index contributed by atoms with van der Waals surface area (Å²) in [6.07, 6.45) is 6.98. The third-order valence-electron chi connectivity index (χ3n) is 3.10. The van der Waals surface area contributed by atoms with Gasteiger partial charge in [-0.1, -0.05) is 13.8 Å². The van der Waals surface area contributed by atoms with E-state index in [1.54, 1.807) is 10.9 Å². The minimum absolute atomic E-state index is 0.0277. The summed E-state index contributed by atoms with van der Waals surface area (Å²) in [5.74, 6) is 1.56. The molecular weight excluding hydrogens is 282 g/mol. The monoisotopic (exact) mass is 303 g/mol. The maximum atomic E-state index is 12.0. The standard InChI is InChI=1S/C14H21N7O/c1-10(2)6-11(14-18-9-19-21(14)3)17-8-13(22)20-12-7-15-4-5-16-12/h4-5,7,9-11,17H,6,8H2,1-3H3,(H,16,20,22)/t11-/m1/s1. The molecule has 2 rings (SSSR count). The highest BCUT2D eigenvalue weighted by Crippen LogP contribution is 2.18. The SMILES string of the molecule is CC(C)C[C@@H](NCC(=O)Nc1cnccn1)c1ncnn1C. The third-order valence-corrected chi connectivity index (χ3v) is 3.10. The summed E-state index contributed by atoms with van der Waals surface area (Å²) in [5, 5.41) is 10.0. The van der Waals surface area contributed by atoms with Gasteiger partial charge in [0.2, 0.25) is 5.91 Å². The van der Waals surface area contributed by atoms with E-state index in [-0.39, 0.29) is 18.5 Å². The summed E-state index contributed by atoms with van der Waals surface area (Å²) in [6, 6.07) is -0.0277. The van der Waals surface area contributed by atoms with Crippen molar-refractivity contribution in [3.8, 4) is 0 Å². The molecule has 8 nitrogen and oxygen atoms in total. The van der Waals surface area contributed by atoms with Crippen LogP contribution in [-0.2, 0) is 11.8 Å². The summed E-state index contributed by atoms with van der Waals surface area (Å²) in [7, 11) is 1.84. The van der Waals surface area contributed by atoms with Crippen LogP contribution < -0.4 is 10.6 Å². The van der Waals surface area contributed by atoms with E-state index >= 15 is 0 Å². The molecule has 0 unspecified atom stereocenters. The van der Waals surface area contributed by atoms with E-state index in [4.69, 9.17) is 0 Å². The first-order valence-electron chi connectivity index (χ1n) is 7.19. The zero-order valence-electron chi connectivity index (χ0n) is 13.0. The van der Waals surface area contributed by atoms with Crippen LogP contribution in [0.2, 0.25) is 0 Å². The number of anilines is 1. The van der Waals surface area contributed by atoms with Crippen molar-refractivity contribution in [3.63, 3.8) is 0 Å². The minimum Gasteiger partial charge on any atom is -0.308 e. The van der Waals surface area contributed by atoms with Gasteiger partial charge in [0.05, 0.1) is 18.8 Å². The minimum atomic E-state index is -0.170. The van der Waals surface area contributed by atoms with Gasteiger partial charge in [0.25, 0.3) is 0 Å². The lowest BCUT2D eigenvalue weighted by atomic mass is 10.0. The number of rotatable bonds is 7. The van der Waals surface area contributed by atoms with Crippen LogP contribution in [-0.4, -0.2) is 37.2 Å². The molecule has 0 aliphatic heterocycles. The van der Waals surface area contributed by atoms with E-state index in [0.717, 1.165) is 12.2 Å². The van der Waals surface area contributed by atoms with E-state index in [1.807, 2.05) is 7.05 Å². The van der Waals surface area contributed by atoms with Crippen LogP contribution in [0.15, 0.2) is 24.9 Å². The molecule has 0 radical (unpaired) electrons. The van der Waals surface area contributed by atoms with Crippen LogP contribution >= 0.6 is 0 Å². The molecule has 0 saturated heterocycles. The van der Waals surface area contributed by atoms with E-state index in [0.29, 0.717) is 11.7 Å². The first kappa shape index (κ1) is 16.0. The Balaban J connectivity index is 1.93. The number of carbonyl (C=O) groups is 1. The zero-order chi connectivity index (χ0) is 15.9. The summed E-state index contributed by atoms with van der Waals surface area (Å²) in [4.78, 5) is 24.2. The van der Waals surface area contributed by atoms with E-state index in [9.17, 15) is 4.79 Å². The van der Waals surface area contributed by atoms with Gasteiger partial charge in [0.1, 0.15) is 12.2 Å². The van der Waals surface area contributed by atoms with Crippen molar-refractivity contribution in [2.24, 2.45) is 13.0 Å². The second-order valence-electron chi connectivity index (χ2n) is 5.44. The summed E-state index contributed by atoms with van der Waals surface area (Å²) < 4.78 is 1.72. The van der Waals surface area contributed by atoms with Crippen LogP contribution in [0.5, 0.6) is 0 Å². The van der Waals surface area contributed by atoms with Gasteiger partial charge in [-0.3, -0.25) is 19.8 Å². The number of hydrogen-bond donors (Lipinski definition) is 2. The Morgan fingerprint density at radius 3 is 2.73 bits per heavy atom. The topological polar surface area (TPSA) is 97.6 Å². The van der Waals surface area contributed by atoms with E-state index < -0.39 is 0 Å². The first-order valence-corrected chi connectivity index (χ1v) is 7.19. The molecule has 1 atom stereocenters. The number of aromatic nitrogens is 5. The first-order chi connectivity index (χ1) is 10.6. The summed E-state index contributed by atoms with van der Waals surface area (Å²) >= 11 is 0. The van der Waals surface area contributed by atoms with Crippen LogP contribution in [0, 0.1) is 5.92 Å². The Morgan fingerprint density at radius 2 is 2.14 bits per heavy atom. The van der Waals surface area contributed by atoms with Crippen molar-refractivity contribution in [1.29, 1.82) is 0 Å². The Morgan fingerprint density at radius 1 is 1.32 bits per heavy atom. The van der Waals surface area contributed by atoms with Crippen LogP contribution in [0.25, 0.3) is 0 Å². The molecule has 0 spiro atoms. The van der Waals surface area contributed by atoms with E-state index in [2.05, 4.69) is 44.5 Å². The molecule has 1 amide bonds. The van der Waals surface area contributed by atoms with Crippen molar-refractivity contribution >= 4 is 11.7 Å². The molecular formula is C14H21N7O. The highest BCUT2D eigenvalue weighted by Gasteiger charge is 2.18. The lowest BCUT2D eigenvalue weighted by Gasteiger charge is -2.19. The fourth-order valence-electron chi connectivity index (χ4n) is 2.14. The molecule has 0 bridgehead atoms. The van der Waals surface area contributed by atoms with Gasteiger partial charge in [-0.25, -0.2) is 9.97 Å². The van der Waals surface area contributed by atoms with Gasteiger partial charge in [-0.15, -0.1) is 0 Å². The fourth-order valence-corrected chi connectivity index (χ4v) is 2.14. The van der Waals surface area contributed by atoms with Crippen LogP contribution in [0.3, 0.4) is 0 Å². The Labute approximate surface area is 129 Å². The van der Waals surface area contributed by atoms with Gasteiger partial charge in [0.15, 0.2) is 5.82 Å². The normalized spacial score (nSPS) is 12.4. The molecule has 8 heteroatoms. The van der Waals surface area contributed by atoms with Crippen molar-refractivity contribution < 1.29 is 4.79 Å². The molecule has 0 saturated carbocycles. The molecule has 2 heterocycles. The Hall–Kier alpha value is -2.35. The van der Waals surface area contributed by atoms with Crippen LogP contribution in [0.4, 0.5) is 5.82 Å². The average Bonchev–Trinajstić information content (AvgIpc) is 2.90. The van der Waals surface area contributed by atoms with Gasteiger partial charge in [-0.2, -0.15) is 5.10 Å². The highest BCUT2D eigenvalue weighted by molar-refractivity contribution is 5.91. The quantitative estimate of drug-likeness (QED) is 0.789. The molecule has 2 aromatic heterocycles. The predicted octanol–water partition coefficient (Wildman–Crippen LogP) is 0.921. The number of hydrogen-bond acceptors (Lipinski definition) is 6. The highest BCUT2D eigenvalue weighted by atomic mass is 16.2. The Kier molecular flexibility index (Phi) is 5.54. The number of carbonyl (C=O) groups excluding carboxylic acids is 1. The average molecular weight is 303 g/mol. The smallest absolute Gasteiger partial charge is 0.239 e. The number of aryl methyl sites for hydroxylation is 1. The molecule has 0 aliphatic carbocycles. The van der Waals surface area contributed by atoms with Crippen molar-refractivity contribution in [2.75, 3.05) is 11.9 Å². The maximum absolute atomic E-state index is 12.0. The largest absolute Gasteiger partial charge is 0.308 e. The van der Waals surface area contributed by atoms with Gasteiger partial charge in [-0.05, 0) is 12.3 Å². The molecule has 0 aromatic carbocycles. The lowest BCUT2D eigenvalue weighted by Crippen LogP contribution is -2.33. The summed E-state index contributed by atoms with van der Waals surface area (Å²) in [6.45, 7) is 4.43. The predicted molar refractivity (Wildman–Crippen MR) is 81.9 cm³/mol. The van der Waals surface area contributed by atoms with Gasteiger partial charge < -0.3 is 5.32 Å². The van der Waals surface area contributed by atoms with Crippen molar-refractivity contribution in [2.45, 2.75) is 26.3 Å². The van der Waals surface area contributed by atoms with Gasteiger partial charge >= 0.3 is 0 Å². The molecule has 118 valence electrons. The summed E-state index contributed by atoms with van der Waals surface area (Å²) in [5.41, 5.74) is 0.